The van der Waals surface area contributed by atoms with Crippen molar-refractivity contribution in [3.8, 4) is 5.69 Å². The zero-order valence-electron chi connectivity index (χ0n) is 19.4. The van der Waals surface area contributed by atoms with Gasteiger partial charge in [-0.2, -0.15) is 0 Å². The van der Waals surface area contributed by atoms with Crippen molar-refractivity contribution < 1.29 is 9.53 Å². The molecule has 1 saturated heterocycles. The first-order valence-electron chi connectivity index (χ1n) is 11.3. The number of thioether (sulfide) groups is 1. The molecule has 1 fully saturated rings. The molecule has 33 heavy (non-hydrogen) atoms. The minimum atomic E-state index is -0.0298. The molecule has 1 amide bonds. The van der Waals surface area contributed by atoms with Gasteiger partial charge >= 0.3 is 0 Å². The molecule has 1 aliphatic heterocycles. The lowest BCUT2D eigenvalue weighted by Crippen LogP contribution is -2.38. The first-order valence-corrected chi connectivity index (χ1v) is 12.3. The SMILES string of the molecule is Cc1cccc(-n2c(SCC(=O)NC(c3ccccc3)C(C)C)nnc2N2CCOCC2)c1. The Labute approximate surface area is 199 Å². The largest absolute Gasteiger partial charge is 0.378 e. The van der Waals surface area contributed by atoms with Gasteiger partial charge in [0.1, 0.15) is 0 Å². The topological polar surface area (TPSA) is 72.3 Å². The maximum atomic E-state index is 12.9. The van der Waals surface area contributed by atoms with Crippen LogP contribution in [0.3, 0.4) is 0 Å². The molecule has 0 bridgehead atoms. The fraction of sp³-hybridized carbons (Fsp3) is 0.400. The Balaban J connectivity index is 1.53. The van der Waals surface area contributed by atoms with Crippen molar-refractivity contribution in [2.45, 2.75) is 32.0 Å². The number of rotatable bonds is 8. The molecule has 0 spiro atoms. The van der Waals surface area contributed by atoms with Gasteiger partial charge in [0, 0.05) is 13.1 Å². The van der Waals surface area contributed by atoms with Crippen LogP contribution < -0.4 is 10.2 Å². The lowest BCUT2D eigenvalue weighted by atomic mass is 9.96. The summed E-state index contributed by atoms with van der Waals surface area (Å²) >= 11 is 1.41. The van der Waals surface area contributed by atoms with E-state index in [9.17, 15) is 4.79 Å². The molecule has 7 nitrogen and oxygen atoms in total. The number of hydrogen-bond acceptors (Lipinski definition) is 6. The number of nitrogens with zero attached hydrogens (tertiary/aromatic N) is 4. The van der Waals surface area contributed by atoms with Crippen LogP contribution in [0.5, 0.6) is 0 Å². The second kappa shape index (κ2) is 10.9. The fourth-order valence-electron chi connectivity index (χ4n) is 3.96. The summed E-state index contributed by atoms with van der Waals surface area (Å²) in [5, 5.41) is 12.9. The zero-order chi connectivity index (χ0) is 23.2. The highest BCUT2D eigenvalue weighted by molar-refractivity contribution is 7.99. The van der Waals surface area contributed by atoms with Crippen LogP contribution in [-0.2, 0) is 9.53 Å². The van der Waals surface area contributed by atoms with Gasteiger partial charge in [-0.05, 0) is 36.1 Å². The third-order valence-electron chi connectivity index (χ3n) is 5.64. The highest BCUT2D eigenvalue weighted by Gasteiger charge is 2.23. The zero-order valence-corrected chi connectivity index (χ0v) is 20.2. The number of amides is 1. The van der Waals surface area contributed by atoms with Crippen molar-refractivity contribution in [3.63, 3.8) is 0 Å². The van der Waals surface area contributed by atoms with E-state index in [1.54, 1.807) is 0 Å². The first-order chi connectivity index (χ1) is 16.0. The van der Waals surface area contributed by atoms with E-state index in [1.165, 1.54) is 11.8 Å². The summed E-state index contributed by atoms with van der Waals surface area (Å²) in [5.41, 5.74) is 3.27. The predicted octanol–water partition coefficient (Wildman–Crippen LogP) is 4.02. The Morgan fingerprint density at radius 1 is 1.09 bits per heavy atom. The van der Waals surface area contributed by atoms with Gasteiger partial charge in [-0.1, -0.05) is 68.1 Å². The summed E-state index contributed by atoms with van der Waals surface area (Å²) in [6.07, 6.45) is 0. The lowest BCUT2D eigenvalue weighted by Gasteiger charge is -2.28. The second-order valence-corrected chi connectivity index (χ2v) is 9.49. The van der Waals surface area contributed by atoms with Gasteiger partial charge in [-0.25, -0.2) is 0 Å². The summed E-state index contributed by atoms with van der Waals surface area (Å²) in [6.45, 7) is 9.17. The molecule has 174 valence electrons. The van der Waals surface area contributed by atoms with E-state index < -0.39 is 0 Å². The molecule has 2 aromatic carbocycles. The molecule has 1 N–H and O–H groups in total. The Bertz CT molecular complexity index is 1060. The Hall–Kier alpha value is -2.84. The van der Waals surface area contributed by atoms with Crippen LogP contribution in [0.25, 0.3) is 5.69 Å². The van der Waals surface area contributed by atoms with E-state index in [4.69, 9.17) is 4.74 Å². The van der Waals surface area contributed by atoms with Crippen molar-refractivity contribution in [1.29, 1.82) is 0 Å². The summed E-state index contributed by atoms with van der Waals surface area (Å²) in [5.74, 6) is 1.32. The van der Waals surface area contributed by atoms with E-state index >= 15 is 0 Å². The van der Waals surface area contributed by atoms with Crippen LogP contribution in [0.1, 0.15) is 31.0 Å². The smallest absolute Gasteiger partial charge is 0.232 e. The normalized spacial score (nSPS) is 15.0. The predicted molar refractivity (Wildman–Crippen MR) is 132 cm³/mol. The van der Waals surface area contributed by atoms with Gasteiger partial charge < -0.3 is 15.0 Å². The van der Waals surface area contributed by atoms with E-state index in [-0.39, 0.29) is 23.6 Å². The first kappa shape index (κ1) is 23.3. The monoisotopic (exact) mass is 465 g/mol. The summed E-state index contributed by atoms with van der Waals surface area (Å²) in [7, 11) is 0. The molecule has 4 rings (SSSR count). The number of carbonyl (C=O) groups is 1. The van der Waals surface area contributed by atoms with Crippen molar-refractivity contribution in [2.75, 3.05) is 37.0 Å². The standard InChI is InChI=1S/C25H31N5O2S/c1-18(2)23(20-9-5-4-6-10-20)26-22(31)17-33-25-28-27-24(29-12-14-32-15-13-29)30(25)21-11-7-8-19(3)16-21/h4-11,16,18,23H,12-15,17H2,1-3H3,(H,26,31). The molecule has 1 unspecified atom stereocenters. The number of ether oxygens (including phenoxy) is 1. The van der Waals surface area contributed by atoms with Crippen molar-refractivity contribution in [3.05, 3.63) is 65.7 Å². The number of hydrogen-bond donors (Lipinski definition) is 1. The maximum Gasteiger partial charge on any atom is 0.232 e. The van der Waals surface area contributed by atoms with Crippen LogP contribution in [0.15, 0.2) is 59.8 Å². The van der Waals surface area contributed by atoms with Crippen LogP contribution >= 0.6 is 11.8 Å². The highest BCUT2D eigenvalue weighted by Crippen LogP contribution is 2.28. The van der Waals surface area contributed by atoms with Crippen LogP contribution in [0, 0.1) is 12.8 Å². The number of anilines is 1. The fourth-order valence-corrected chi connectivity index (χ4v) is 4.72. The van der Waals surface area contributed by atoms with Gasteiger partial charge in [-0.15, -0.1) is 10.2 Å². The van der Waals surface area contributed by atoms with E-state index in [2.05, 4.69) is 71.5 Å². The quantitative estimate of drug-likeness (QED) is 0.507. The number of aryl methyl sites for hydroxylation is 1. The summed E-state index contributed by atoms with van der Waals surface area (Å²) in [6, 6.07) is 18.3. The third kappa shape index (κ3) is 5.75. The number of benzene rings is 2. The van der Waals surface area contributed by atoms with E-state index in [1.807, 2.05) is 28.8 Å². The number of nitrogens with one attached hydrogen (secondary N) is 1. The van der Waals surface area contributed by atoms with Crippen molar-refractivity contribution >= 4 is 23.6 Å². The minimum Gasteiger partial charge on any atom is -0.378 e. The molecular weight excluding hydrogens is 434 g/mol. The Morgan fingerprint density at radius 2 is 1.85 bits per heavy atom. The number of morpholine rings is 1. The molecule has 3 aromatic rings. The van der Waals surface area contributed by atoms with E-state index in [0.717, 1.165) is 35.9 Å². The molecule has 0 saturated carbocycles. The summed E-state index contributed by atoms with van der Waals surface area (Å²) < 4.78 is 7.56. The molecule has 8 heteroatoms. The van der Waals surface area contributed by atoms with Gasteiger partial charge in [0.2, 0.25) is 11.9 Å². The molecule has 1 aliphatic rings. The average Bonchev–Trinajstić information content (AvgIpc) is 3.26. The lowest BCUT2D eigenvalue weighted by molar-refractivity contribution is -0.119. The van der Waals surface area contributed by atoms with Crippen LogP contribution in [0.2, 0.25) is 0 Å². The van der Waals surface area contributed by atoms with Crippen LogP contribution in [0.4, 0.5) is 5.95 Å². The van der Waals surface area contributed by atoms with Crippen molar-refractivity contribution in [1.82, 2.24) is 20.1 Å². The maximum absolute atomic E-state index is 12.9. The number of carbonyl (C=O) groups excluding carboxylic acids is 1. The third-order valence-corrected chi connectivity index (χ3v) is 6.57. The molecular formula is C25H31N5O2S. The van der Waals surface area contributed by atoms with Crippen LogP contribution in [-0.4, -0.2) is 52.7 Å². The number of aromatic nitrogens is 3. The molecule has 1 atom stereocenters. The molecule has 0 radical (unpaired) electrons. The van der Waals surface area contributed by atoms with Gasteiger partial charge in [-0.3, -0.25) is 9.36 Å². The molecule has 1 aromatic heterocycles. The highest BCUT2D eigenvalue weighted by atomic mass is 32.2. The summed E-state index contributed by atoms with van der Waals surface area (Å²) in [4.78, 5) is 15.1. The van der Waals surface area contributed by atoms with Gasteiger partial charge in [0.15, 0.2) is 5.16 Å². The molecule has 0 aliphatic carbocycles. The van der Waals surface area contributed by atoms with Crippen molar-refractivity contribution in [2.24, 2.45) is 5.92 Å². The van der Waals surface area contributed by atoms with E-state index in [0.29, 0.717) is 18.4 Å². The average molecular weight is 466 g/mol. The Morgan fingerprint density at radius 3 is 2.55 bits per heavy atom. The Kier molecular flexibility index (Phi) is 7.67. The van der Waals surface area contributed by atoms with Gasteiger partial charge in [0.05, 0.1) is 30.7 Å². The van der Waals surface area contributed by atoms with Gasteiger partial charge in [0.25, 0.3) is 0 Å². The molecule has 2 heterocycles. The second-order valence-electron chi connectivity index (χ2n) is 8.54. The minimum absolute atomic E-state index is 0.0192.